The lowest BCUT2D eigenvalue weighted by atomic mass is 9.94. The SMILES string of the molecule is CC(=O)N1CCN(C2=N/C(=C/NC(C)C)C(=N)C(NC(C)(C)Cc3ccc(Cl)cc3)=N2)CC1. The number of carbonyl (C=O) groups excluding carboxylic acids is 1. The summed E-state index contributed by atoms with van der Waals surface area (Å²) in [5.41, 5.74) is 1.57. The maximum absolute atomic E-state index is 11.7. The van der Waals surface area contributed by atoms with Gasteiger partial charge in [0.1, 0.15) is 11.4 Å². The summed E-state index contributed by atoms with van der Waals surface area (Å²) in [6, 6.07) is 8.02. The number of nitrogens with zero attached hydrogens (tertiary/aromatic N) is 4. The van der Waals surface area contributed by atoms with Crippen LogP contribution in [-0.4, -0.2) is 71.0 Å². The number of guanidine groups is 1. The molecule has 0 saturated carbocycles. The second-order valence-corrected chi connectivity index (χ2v) is 9.84. The highest BCUT2D eigenvalue weighted by Crippen LogP contribution is 2.18. The van der Waals surface area contributed by atoms with E-state index < -0.39 is 0 Å². The van der Waals surface area contributed by atoms with Crippen LogP contribution in [0, 0.1) is 5.41 Å². The van der Waals surface area contributed by atoms with Crippen LogP contribution in [-0.2, 0) is 11.2 Å². The molecule has 1 aromatic rings. The number of piperazine rings is 1. The molecule has 1 saturated heterocycles. The molecule has 0 spiro atoms. The van der Waals surface area contributed by atoms with E-state index in [1.165, 1.54) is 0 Å². The van der Waals surface area contributed by atoms with Crippen LogP contribution >= 0.6 is 11.6 Å². The van der Waals surface area contributed by atoms with E-state index in [2.05, 4.69) is 34.4 Å². The van der Waals surface area contributed by atoms with E-state index in [1.807, 2.05) is 43.0 Å². The van der Waals surface area contributed by atoms with Crippen molar-refractivity contribution in [1.82, 2.24) is 20.4 Å². The average Bonchev–Trinajstić information content (AvgIpc) is 2.75. The van der Waals surface area contributed by atoms with Gasteiger partial charge in [-0.2, -0.15) is 4.99 Å². The number of carbonyl (C=O) groups is 1. The van der Waals surface area contributed by atoms with Gasteiger partial charge in [-0.15, -0.1) is 0 Å². The van der Waals surface area contributed by atoms with E-state index in [4.69, 9.17) is 22.0 Å². The third-order valence-electron chi connectivity index (χ3n) is 5.50. The number of rotatable bonds is 5. The van der Waals surface area contributed by atoms with E-state index in [-0.39, 0.29) is 23.2 Å². The second-order valence-electron chi connectivity index (χ2n) is 9.40. The highest BCUT2D eigenvalue weighted by Gasteiger charge is 2.29. The first-order valence-corrected chi connectivity index (χ1v) is 11.7. The molecule has 2 aliphatic rings. The highest BCUT2D eigenvalue weighted by atomic mass is 35.5. The van der Waals surface area contributed by atoms with Gasteiger partial charge < -0.3 is 20.4 Å². The van der Waals surface area contributed by atoms with E-state index >= 15 is 0 Å². The van der Waals surface area contributed by atoms with Gasteiger partial charge in [0.15, 0.2) is 5.84 Å². The monoisotopic (exact) mass is 471 g/mol. The van der Waals surface area contributed by atoms with Gasteiger partial charge in [0.25, 0.3) is 0 Å². The highest BCUT2D eigenvalue weighted by molar-refractivity contribution is 6.48. The van der Waals surface area contributed by atoms with Crippen molar-refractivity contribution in [1.29, 1.82) is 5.41 Å². The number of halogens is 1. The van der Waals surface area contributed by atoms with Gasteiger partial charge >= 0.3 is 0 Å². The fourth-order valence-corrected chi connectivity index (χ4v) is 3.87. The molecule has 1 aromatic carbocycles. The maximum Gasteiger partial charge on any atom is 0.228 e. The zero-order chi connectivity index (χ0) is 24.2. The molecule has 0 bridgehead atoms. The number of hydrogen-bond acceptors (Lipinski definition) is 7. The summed E-state index contributed by atoms with van der Waals surface area (Å²) in [4.78, 5) is 25.0. The van der Waals surface area contributed by atoms with Crippen molar-refractivity contribution in [2.75, 3.05) is 26.2 Å². The average molecular weight is 472 g/mol. The third-order valence-corrected chi connectivity index (χ3v) is 5.75. The zero-order valence-corrected chi connectivity index (χ0v) is 20.8. The van der Waals surface area contributed by atoms with Gasteiger partial charge in [0.2, 0.25) is 11.9 Å². The largest absolute Gasteiger partial charge is 0.387 e. The molecule has 0 aliphatic carbocycles. The molecule has 3 N–H and O–H groups in total. The first kappa shape index (κ1) is 24.8. The van der Waals surface area contributed by atoms with Crippen LogP contribution in [0.25, 0.3) is 0 Å². The third kappa shape index (κ3) is 6.81. The molecule has 0 atom stereocenters. The molecule has 8 nitrogen and oxygen atoms in total. The molecule has 0 unspecified atom stereocenters. The molecule has 1 fully saturated rings. The number of benzene rings is 1. The van der Waals surface area contributed by atoms with Crippen LogP contribution in [0.5, 0.6) is 0 Å². The van der Waals surface area contributed by atoms with Gasteiger partial charge in [-0.1, -0.05) is 23.7 Å². The van der Waals surface area contributed by atoms with Gasteiger partial charge in [0, 0.05) is 55.9 Å². The topological polar surface area (TPSA) is 96.2 Å². The lowest BCUT2D eigenvalue weighted by molar-refractivity contribution is -0.130. The zero-order valence-electron chi connectivity index (χ0n) is 20.1. The number of nitrogens with one attached hydrogen (secondary N) is 3. The molecule has 1 amide bonds. The first-order valence-electron chi connectivity index (χ1n) is 11.3. The molecular formula is C24H34ClN7O. The molecule has 33 heavy (non-hydrogen) atoms. The van der Waals surface area contributed by atoms with E-state index in [9.17, 15) is 4.79 Å². The Bertz CT molecular complexity index is 971. The molecule has 2 aliphatic heterocycles. The van der Waals surface area contributed by atoms with Crippen LogP contribution in [0.15, 0.2) is 46.1 Å². The van der Waals surface area contributed by atoms with E-state index in [0.717, 1.165) is 12.0 Å². The van der Waals surface area contributed by atoms with Crippen LogP contribution in [0.3, 0.4) is 0 Å². The van der Waals surface area contributed by atoms with Gasteiger partial charge in [-0.3, -0.25) is 10.2 Å². The van der Waals surface area contributed by atoms with Gasteiger partial charge in [-0.05, 0) is 51.8 Å². The molecule has 2 heterocycles. The lowest BCUT2D eigenvalue weighted by Crippen LogP contribution is -2.53. The predicted molar refractivity (Wildman–Crippen MR) is 135 cm³/mol. The molecule has 0 radical (unpaired) electrons. The summed E-state index contributed by atoms with van der Waals surface area (Å²) in [6.07, 6.45) is 2.52. The number of amides is 1. The maximum atomic E-state index is 11.7. The molecular weight excluding hydrogens is 438 g/mol. The Labute approximate surface area is 201 Å². The fourth-order valence-electron chi connectivity index (χ4n) is 3.75. The van der Waals surface area contributed by atoms with E-state index in [0.29, 0.717) is 48.7 Å². The van der Waals surface area contributed by atoms with E-state index in [1.54, 1.807) is 13.1 Å². The Kier molecular flexibility index (Phi) is 7.79. The quantitative estimate of drug-likeness (QED) is 0.615. The summed E-state index contributed by atoms with van der Waals surface area (Å²) in [5.74, 6) is 1.14. The Morgan fingerprint density at radius 1 is 1.18 bits per heavy atom. The molecule has 3 rings (SSSR count). The van der Waals surface area contributed by atoms with Crippen molar-refractivity contribution in [2.24, 2.45) is 9.98 Å². The summed E-state index contributed by atoms with van der Waals surface area (Å²) < 4.78 is 0. The van der Waals surface area contributed by atoms with Crippen molar-refractivity contribution in [3.63, 3.8) is 0 Å². The molecule has 0 aromatic heterocycles. The van der Waals surface area contributed by atoms with Crippen molar-refractivity contribution in [3.05, 3.63) is 46.7 Å². The van der Waals surface area contributed by atoms with Crippen LogP contribution in [0.1, 0.15) is 40.2 Å². The fraction of sp³-hybridized carbons (Fsp3) is 0.500. The first-order chi connectivity index (χ1) is 15.5. The van der Waals surface area contributed by atoms with Crippen molar-refractivity contribution in [2.45, 2.75) is 52.6 Å². The van der Waals surface area contributed by atoms with Crippen molar-refractivity contribution < 1.29 is 4.79 Å². The summed E-state index contributed by atoms with van der Waals surface area (Å²) in [7, 11) is 0. The number of hydrogen-bond donors (Lipinski definition) is 3. The summed E-state index contributed by atoms with van der Waals surface area (Å²) in [5, 5.41) is 16.2. The minimum absolute atomic E-state index is 0.0820. The standard InChI is InChI=1S/C24H34ClN7O/c1-16(2)27-15-20-21(26)22(30-24(4,5)14-18-6-8-19(25)9-7-18)29-23(28-20)32-12-10-31(11-13-32)17(3)33/h6-9,15-16,26-27H,10-14H2,1-5H3,(H,28,29,30)/b20-15+,26-21?. The van der Waals surface area contributed by atoms with Gasteiger partial charge in [0.05, 0.1) is 0 Å². The van der Waals surface area contributed by atoms with Gasteiger partial charge in [-0.25, -0.2) is 4.99 Å². The van der Waals surface area contributed by atoms with Crippen LogP contribution in [0.4, 0.5) is 0 Å². The number of amidine groups is 1. The lowest BCUT2D eigenvalue weighted by Gasteiger charge is -2.36. The van der Waals surface area contributed by atoms with Crippen molar-refractivity contribution >= 4 is 35.0 Å². The van der Waals surface area contributed by atoms with Crippen molar-refractivity contribution in [3.8, 4) is 0 Å². The Hall–Kier alpha value is -2.87. The molecule has 178 valence electrons. The Morgan fingerprint density at radius 3 is 2.39 bits per heavy atom. The predicted octanol–water partition coefficient (Wildman–Crippen LogP) is 3.04. The normalized spacial score (nSPS) is 18.4. The smallest absolute Gasteiger partial charge is 0.228 e. The van der Waals surface area contributed by atoms with Crippen LogP contribution in [0.2, 0.25) is 5.02 Å². The number of aliphatic imine (C=N–C) groups is 2. The Balaban J connectivity index is 1.82. The molecule has 9 heteroatoms. The second kappa shape index (κ2) is 10.4. The Morgan fingerprint density at radius 2 is 1.82 bits per heavy atom. The van der Waals surface area contributed by atoms with Crippen LogP contribution < -0.4 is 10.6 Å². The minimum atomic E-state index is -0.356. The minimum Gasteiger partial charge on any atom is -0.387 e. The summed E-state index contributed by atoms with van der Waals surface area (Å²) >= 11 is 6.03. The summed E-state index contributed by atoms with van der Waals surface area (Å²) in [6.45, 7) is 12.4.